The Morgan fingerprint density at radius 3 is 2.85 bits per heavy atom. The molecule has 26 heavy (non-hydrogen) atoms. The van der Waals surface area contributed by atoms with E-state index >= 15 is 0 Å². The van der Waals surface area contributed by atoms with E-state index in [1.165, 1.54) is 35.2 Å². The fourth-order valence-electron chi connectivity index (χ4n) is 2.38. The topological polar surface area (TPSA) is 60.5 Å². The lowest BCUT2D eigenvalue weighted by Gasteiger charge is -2.05. The number of thioether (sulfide) groups is 1. The van der Waals surface area contributed by atoms with Gasteiger partial charge in [0.1, 0.15) is 5.82 Å². The molecule has 0 saturated carbocycles. The summed E-state index contributed by atoms with van der Waals surface area (Å²) in [5, 5.41) is 4.72. The predicted molar refractivity (Wildman–Crippen MR) is 99.4 cm³/mol. The summed E-state index contributed by atoms with van der Waals surface area (Å²) in [6.07, 6.45) is 0. The number of anilines is 1. The summed E-state index contributed by atoms with van der Waals surface area (Å²) in [7, 11) is 0. The van der Waals surface area contributed by atoms with Crippen LogP contribution in [0.1, 0.15) is 0 Å². The number of halogens is 1. The molecule has 1 N–H and O–H groups in total. The maximum atomic E-state index is 13.0. The molecule has 2 aromatic carbocycles. The van der Waals surface area contributed by atoms with E-state index < -0.39 is 0 Å². The van der Waals surface area contributed by atoms with Crippen LogP contribution in [0.5, 0.6) is 11.5 Å². The van der Waals surface area contributed by atoms with Gasteiger partial charge in [-0.15, -0.1) is 11.3 Å². The maximum Gasteiger partial charge on any atom is 0.234 e. The van der Waals surface area contributed by atoms with E-state index in [1.54, 1.807) is 30.3 Å². The van der Waals surface area contributed by atoms with E-state index in [0.29, 0.717) is 17.2 Å². The first-order valence-corrected chi connectivity index (χ1v) is 9.58. The Kier molecular flexibility index (Phi) is 4.77. The average Bonchev–Trinajstić information content (AvgIpc) is 3.29. The van der Waals surface area contributed by atoms with Crippen molar-refractivity contribution in [2.75, 3.05) is 17.9 Å². The van der Waals surface area contributed by atoms with Crippen molar-refractivity contribution in [2.45, 2.75) is 4.34 Å². The summed E-state index contributed by atoms with van der Waals surface area (Å²) in [6, 6.07) is 11.4. The number of nitrogens with one attached hydrogen (secondary N) is 1. The summed E-state index contributed by atoms with van der Waals surface area (Å²) >= 11 is 2.81. The van der Waals surface area contributed by atoms with Gasteiger partial charge in [0.25, 0.3) is 0 Å². The first kappa shape index (κ1) is 16.9. The summed E-state index contributed by atoms with van der Waals surface area (Å²) in [5.74, 6) is 1.13. The molecule has 1 amide bonds. The number of ether oxygens (including phenoxy) is 2. The second kappa shape index (κ2) is 7.35. The minimum atomic E-state index is -0.279. The van der Waals surface area contributed by atoms with Crippen LogP contribution in [-0.2, 0) is 4.79 Å². The van der Waals surface area contributed by atoms with Gasteiger partial charge in [0.2, 0.25) is 12.7 Å². The van der Waals surface area contributed by atoms with Crippen molar-refractivity contribution in [3.8, 4) is 22.8 Å². The lowest BCUT2D eigenvalue weighted by atomic mass is 10.2. The third-order valence-corrected chi connectivity index (χ3v) is 5.63. The van der Waals surface area contributed by atoms with Crippen LogP contribution in [-0.4, -0.2) is 23.4 Å². The molecular formula is C18H13FN2O3S2. The Balaban J connectivity index is 1.34. The normalized spacial score (nSPS) is 12.2. The molecule has 1 aliphatic rings. The summed E-state index contributed by atoms with van der Waals surface area (Å²) in [6.45, 7) is 0.197. The zero-order valence-corrected chi connectivity index (χ0v) is 15.0. The van der Waals surface area contributed by atoms with Gasteiger partial charge in [-0.25, -0.2) is 9.37 Å². The van der Waals surface area contributed by atoms with E-state index in [2.05, 4.69) is 10.3 Å². The van der Waals surface area contributed by atoms with Crippen molar-refractivity contribution < 1.29 is 18.7 Å². The Morgan fingerprint density at radius 1 is 1.19 bits per heavy atom. The number of rotatable bonds is 5. The zero-order chi connectivity index (χ0) is 17.9. The first-order valence-electron chi connectivity index (χ1n) is 7.71. The van der Waals surface area contributed by atoms with Gasteiger partial charge in [-0.05, 0) is 36.4 Å². The summed E-state index contributed by atoms with van der Waals surface area (Å²) in [4.78, 5) is 16.6. The van der Waals surface area contributed by atoms with Crippen LogP contribution in [0.4, 0.5) is 10.1 Å². The minimum Gasteiger partial charge on any atom is -0.454 e. The van der Waals surface area contributed by atoms with Crippen LogP contribution in [0.3, 0.4) is 0 Å². The predicted octanol–water partition coefficient (Wildman–Crippen LogP) is 4.41. The zero-order valence-electron chi connectivity index (χ0n) is 13.4. The molecule has 0 spiro atoms. The molecule has 0 saturated heterocycles. The van der Waals surface area contributed by atoms with E-state index in [9.17, 15) is 9.18 Å². The molecule has 0 radical (unpaired) electrons. The molecule has 1 aromatic heterocycles. The molecule has 0 unspecified atom stereocenters. The van der Waals surface area contributed by atoms with Crippen molar-refractivity contribution in [3.63, 3.8) is 0 Å². The lowest BCUT2D eigenvalue weighted by molar-refractivity contribution is -0.113. The highest BCUT2D eigenvalue weighted by Gasteiger charge is 2.14. The minimum absolute atomic E-state index is 0.132. The number of carbonyl (C=O) groups is 1. The largest absolute Gasteiger partial charge is 0.454 e. The van der Waals surface area contributed by atoms with Crippen molar-refractivity contribution in [1.82, 2.24) is 4.98 Å². The van der Waals surface area contributed by atoms with E-state index in [4.69, 9.17) is 9.47 Å². The van der Waals surface area contributed by atoms with Gasteiger partial charge in [0.15, 0.2) is 15.8 Å². The highest BCUT2D eigenvalue weighted by Crippen LogP contribution is 2.34. The smallest absolute Gasteiger partial charge is 0.234 e. The molecule has 3 aromatic rings. The molecule has 0 atom stereocenters. The second-order valence-electron chi connectivity index (χ2n) is 5.41. The van der Waals surface area contributed by atoms with E-state index in [1.807, 2.05) is 5.38 Å². The Labute approximate surface area is 157 Å². The molecule has 0 aliphatic carbocycles. The SMILES string of the molecule is O=C(CSc1nc(-c2ccc(F)cc2)cs1)Nc1ccc2c(c1)OCO2. The lowest BCUT2D eigenvalue weighted by Crippen LogP contribution is -2.13. The van der Waals surface area contributed by atoms with Crippen molar-refractivity contribution in [3.05, 3.63) is 53.7 Å². The number of benzene rings is 2. The Morgan fingerprint density at radius 2 is 2.00 bits per heavy atom. The van der Waals surface area contributed by atoms with Gasteiger partial charge < -0.3 is 14.8 Å². The van der Waals surface area contributed by atoms with E-state index in [0.717, 1.165) is 15.6 Å². The van der Waals surface area contributed by atoms with Crippen LogP contribution in [0.2, 0.25) is 0 Å². The number of aromatic nitrogens is 1. The van der Waals surface area contributed by atoms with E-state index in [-0.39, 0.29) is 24.3 Å². The third-order valence-electron chi connectivity index (χ3n) is 3.61. The molecule has 2 heterocycles. The van der Waals surface area contributed by atoms with Gasteiger partial charge in [-0.1, -0.05) is 11.8 Å². The maximum absolute atomic E-state index is 13.0. The Bertz CT molecular complexity index is 944. The molecule has 0 fully saturated rings. The van der Waals surface area contributed by atoms with Gasteiger partial charge >= 0.3 is 0 Å². The molecular weight excluding hydrogens is 375 g/mol. The summed E-state index contributed by atoms with van der Waals surface area (Å²) in [5.41, 5.74) is 2.28. The molecule has 8 heteroatoms. The first-order chi connectivity index (χ1) is 12.7. The van der Waals surface area contributed by atoms with Crippen molar-refractivity contribution in [2.24, 2.45) is 0 Å². The quantitative estimate of drug-likeness (QED) is 0.656. The molecule has 4 rings (SSSR count). The number of hydrogen-bond donors (Lipinski definition) is 1. The Hall–Kier alpha value is -2.58. The monoisotopic (exact) mass is 388 g/mol. The molecule has 5 nitrogen and oxygen atoms in total. The number of amides is 1. The standard InChI is InChI=1S/C18H13FN2O3S2/c19-12-3-1-11(2-4-12)14-8-25-18(21-14)26-9-17(22)20-13-5-6-15-16(7-13)24-10-23-15/h1-8H,9-10H2,(H,20,22). The highest BCUT2D eigenvalue weighted by atomic mass is 32.2. The molecule has 132 valence electrons. The molecule has 1 aliphatic heterocycles. The van der Waals surface area contributed by atoms with Gasteiger partial charge in [0, 0.05) is 22.7 Å². The van der Waals surface area contributed by atoms with Gasteiger partial charge in [-0.2, -0.15) is 0 Å². The average molecular weight is 388 g/mol. The number of hydrogen-bond acceptors (Lipinski definition) is 6. The third kappa shape index (κ3) is 3.81. The van der Waals surface area contributed by atoms with Crippen LogP contribution in [0.15, 0.2) is 52.2 Å². The summed E-state index contributed by atoms with van der Waals surface area (Å²) < 4.78 is 24.3. The molecule has 0 bridgehead atoms. The number of nitrogens with zero attached hydrogens (tertiary/aromatic N) is 1. The fourth-order valence-corrected chi connectivity index (χ4v) is 4.01. The van der Waals surface area contributed by atoms with Crippen molar-refractivity contribution in [1.29, 1.82) is 0 Å². The van der Waals surface area contributed by atoms with Gasteiger partial charge in [0.05, 0.1) is 11.4 Å². The van der Waals surface area contributed by atoms with Crippen LogP contribution in [0, 0.1) is 5.82 Å². The number of fused-ring (bicyclic) bond motifs is 1. The fraction of sp³-hybridized carbons (Fsp3) is 0.111. The van der Waals surface area contributed by atoms with Gasteiger partial charge in [-0.3, -0.25) is 4.79 Å². The second-order valence-corrected chi connectivity index (χ2v) is 7.49. The number of thiazole rings is 1. The number of carbonyl (C=O) groups excluding carboxylic acids is 1. The van der Waals surface area contributed by atoms with Crippen LogP contribution < -0.4 is 14.8 Å². The van der Waals surface area contributed by atoms with Crippen molar-refractivity contribution >= 4 is 34.7 Å². The highest BCUT2D eigenvalue weighted by molar-refractivity contribution is 8.01. The van der Waals surface area contributed by atoms with Crippen LogP contribution >= 0.6 is 23.1 Å². The van der Waals surface area contributed by atoms with Crippen LogP contribution in [0.25, 0.3) is 11.3 Å².